The third-order valence-corrected chi connectivity index (χ3v) is 3.54. The minimum Gasteiger partial charge on any atom is -0.358 e. The van der Waals surface area contributed by atoms with E-state index in [1.54, 1.807) is 6.07 Å². The lowest BCUT2D eigenvalue weighted by atomic mass is 10.2. The van der Waals surface area contributed by atoms with Crippen LogP contribution in [-0.4, -0.2) is 23.7 Å². The minimum absolute atomic E-state index is 0.220. The van der Waals surface area contributed by atoms with Gasteiger partial charge in [-0.15, -0.1) is 0 Å². The number of benzene rings is 1. The number of nitrogens with one attached hydrogen (secondary N) is 1. The largest absolute Gasteiger partial charge is 0.358 e. The van der Waals surface area contributed by atoms with Crippen LogP contribution < -0.4 is 0 Å². The average Bonchev–Trinajstić information content (AvgIpc) is 2.65. The lowest BCUT2D eigenvalue weighted by Crippen LogP contribution is -2.03. The first-order chi connectivity index (χ1) is 8.44. The van der Waals surface area contributed by atoms with E-state index in [1.165, 1.54) is 12.1 Å². The second kappa shape index (κ2) is 5.07. The van der Waals surface area contributed by atoms with Crippen molar-refractivity contribution in [3.8, 4) is 0 Å². The standard InChI is InChI=1S/C12H14FNO3S/c13-10-5-4-9-7-11(14-12(9)8-10)3-1-2-6-18(15,16)17/h4-5,7-8,14H,1-3,6H2,(H,15,16,17). The Morgan fingerprint density at radius 2 is 2.00 bits per heavy atom. The highest BCUT2D eigenvalue weighted by atomic mass is 32.2. The Morgan fingerprint density at radius 3 is 2.72 bits per heavy atom. The summed E-state index contributed by atoms with van der Waals surface area (Å²) in [5.41, 5.74) is 1.67. The van der Waals surface area contributed by atoms with Gasteiger partial charge in [0.1, 0.15) is 5.82 Å². The molecule has 0 saturated carbocycles. The number of aromatic amines is 1. The van der Waals surface area contributed by atoms with E-state index in [9.17, 15) is 12.8 Å². The van der Waals surface area contributed by atoms with Crippen LogP contribution in [0.25, 0.3) is 10.9 Å². The molecule has 1 heterocycles. The summed E-state index contributed by atoms with van der Waals surface area (Å²) in [5.74, 6) is -0.510. The van der Waals surface area contributed by atoms with E-state index in [-0.39, 0.29) is 11.6 Å². The van der Waals surface area contributed by atoms with Crippen molar-refractivity contribution in [3.63, 3.8) is 0 Å². The molecule has 2 aromatic rings. The number of fused-ring (bicyclic) bond motifs is 1. The first-order valence-corrected chi connectivity index (χ1v) is 7.27. The van der Waals surface area contributed by atoms with E-state index in [1.807, 2.05) is 6.07 Å². The predicted octanol–water partition coefficient (Wildman–Crippen LogP) is 2.52. The number of rotatable bonds is 5. The summed E-state index contributed by atoms with van der Waals surface area (Å²) in [5, 5.41) is 0.932. The van der Waals surface area contributed by atoms with Crippen molar-refractivity contribution in [2.75, 3.05) is 5.75 Å². The van der Waals surface area contributed by atoms with E-state index >= 15 is 0 Å². The maximum Gasteiger partial charge on any atom is 0.264 e. The van der Waals surface area contributed by atoms with Crippen LogP contribution in [0, 0.1) is 5.82 Å². The number of halogens is 1. The molecule has 0 aliphatic heterocycles. The van der Waals surface area contributed by atoms with Gasteiger partial charge in [-0.2, -0.15) is 8.42 Å². The summed E-state index contributed by atoms with van der Waals surface area (Å²) in [6.45, 7) is 0. The molecule has 0 unspecified atom stereocenters. The number of aromatic nitrogens is 1. The highest BCUT2D eigenvalue weighted by Crippen LogP contribution is 2.17. The molecule has 2 rings (SSSR count). The van der Waals surface area contributed by atoms with Gasteiger partial charge in [-0.1, -0.05) is 0 Å². The van der Waals surface area contributed by atoms with Gasteiger partial charge in [0.2, 0.25) is 0 Å². The molecular formula is C12H14FNO3S. The quantitative estimate of drug-likeness (QED) is 0.648. The summed E-state index contributed by atoms with van der Waals surface area (Å²) >= 11 is 0. The molecule has 1 aromatic carbocycles. The SMILES string of the molecule is O=S(=O)(O)CCCCc1cc2ccc(F)cc2[nH]1. The fourth-order valence-electron chi connectivity index (χ4n) is 1.89. The van der Waals surface area contributed by atoms with E-state index in [0.29, 0.717) is 19.3 Å². The van der Waals surface area contributed by atoms with Gasteiger partial charge in [-0.05, 0) is 48.9 Å². The predicted molar refractivity (Wildman–Crippen MR) is 67.6 cm³/mol. The molecule has 0 bridgehead atoms. The minimum atomic E-state index is -3.87. The second-order valence-corrected chi connectivity index (χ2v) is 5.84. The van der Waals surface area contributed by atoms with Crippen LogP contribution in [0.2, 0.25) is 0 Å². The normalized spacial score (nSPS) is 12.1. The summed E-state index contributed by atoms with van der Waals surface area (Å²) < 4.78 is 42.6. The van der Waals surface area contributed by atoms with Crippen molar-refractivity contribution in [2.45, 2.75) is 19.3 Å². The molecular weight excluding hydrogens is 257 g/mol. The summed E-state index contributed by atoms with van der Waals surface area (Å²) in [4.78, 5) is 3.08. The summed E-state index contributed by atoms with van der Waals surface area (Å²) in [6, 6.07) is 6.44. The molecule has 0 atom stereocenters. The van der Waals surface area contributed by atoms with Crippen LogP contribution in [0.1, 0.15) is 18.5 Å². The van der Waals surface area contributed by atoms with Crippen molar-refractivity contribution in [2.24, 2.45) is 0 Å². The highest BCUT2D eigenvalue weighted by molar-refractivity contribution is 7.85. The van der Waals surface area contributed by atoms with Crippen LogP contribution in [0.4, 0.5) is 4.39 Å². The summed E-state index contributed by atoms with van der Waals surface area (Å²) in [6.07, 6.45) is 1.73. The van der Waals surface area contributed by atoms with E-state index < -0.39 is 10.1 Å². The molecule has 4 nitrogen and oxygen atoms in total. The van der Waals surface area contributed by atoms with Crippen molar-refractivity contribution < 1.29 is 17.4 Å². The Labute approximate surface area is 105 Å². The Hall–Kier alpha value is -1.40. The molecule has 0 saturated heterocycles. The van der Waals surface area contributed by atoms with Gasteiger partial charge in [0.25, 0.3) is 10.1 Å². The van der Waals surface area contributed by atoms with Crippen LogP contribution in [0.3, 0.4) is 0 Å². The molecule has 0 spiro atoms. The van der Waals surface area contributed by atoms with Crippen molar-refractivity contribution in [1.29, 1.82) is 0 Å². The number of H-pyrrole nitrogens is 1. The number of hydrogen-bond acceptors (Lipinski definition) is 2. The molecule has 0 aliphatic rings. The smallest absolute Gasteiger partial charge is 0.264 e. The average molecular weight is 271 g/mol. The fourth-order valence-corrected chi connectivity index (χ4v) is 2.46. The van der Waals surface area contributed by atoms with Gasteiger partial charge in [-0.3, -0.25) is 4.55 Å². The van der Waals surface area contributed by atoms with Gasteiger partial charge in [-0.25, -0.2) is 4.39 Å². The first kappa shape index (κ1) is 13.0. The van der Waals surface area contributed by atoms with Crippen LogP contribution >= 0.6 is 0 Å². The Kier molecular flexibility index (Phi) is 3.68. The molecule has 0 amide bonds. The zero-order valence-corrected chi connectivity index (χ0v) is 10.5. The Morgan fingerprint density at radius 1 is 1.22 bits per heavy atom. The van der Waals surface area contributed by atoms with Crippen LogP contribution in [0.15, 0.2) is 24.3 Å². The van der Waals surface area contributed by atoms with Gasteiger partial charge in [0, 0.05) is 11.2 Å². The summed E-state index contributed by atoms with van der Waals surface area (Å²) in [7, 11) is -3.87. The van der Waals surface area contributed by atoms with E-state index in [0.717, 1.165) is 16.6 Å². The van der Waals surface area contributed by atoms with E-state index in [2.05, 4.69) is 4.98 Å². The van der Waals surface area contributed by atoms with Gasteiger partial charge in [0.05, 0.1) is 5.75 Å². The maximum atomic E-state index is 13.0. The number of hydrogen-bond donors (Lipinski definition) is 2. The van der Waals surface area contributed by atoms with Gasteiger partial charge < -0.3 is 4.98 Å². The van der Waals surface area contributed by atoms with Crippen LogP contribution in [-0.2, 0) is 16.5 Å². The van der Waals surface area contributed by atoms with Crippen molar-refractivity contribution in [1.82, 2.24) is 4.98 Å². The molecule has 0 aliphatic carbocycles. The molecule has 2 N–H and O–H groups in total. The Bertz CT molecular complexity index is 648. The molecule has 1 aromatic heterocycles. The van der Waals surface area contributed by atoms with Crippen molar-refractivity contribution >= 4 is 21.0 Å². The zero-order chi connectivity index (χ0) is 13.2. The van der Waals surface area contributed by atoms with Gasteiger partial charge >= 0.3 is 0 Å². The second-order valence-electron chi connectivity index (χ2n) is 4.27. The number of unbranched alkanes of at least 4 members (excludes halogenated alkanes) is 1. The van der Waals surface area contributed by atoms with Gasteiger partial charge in [0.15, 0.2) is 0 Å². The monoisotopic (exact) mass is 271 g/mol. The third kappa shape index (κ3) is 3.54. The zero-order valence-electron chi connectivity index (χ0n) is 9.69. The molecule has 0 fully saturated rings. The Balaban J connectivity index is 1.96. The first-order valence-electron chi connectivity index (χ1n) is 5.66. The molecule has 18 heavy (non-hydrogen) atoms. The highest BCUT2D eigenvalue weighted by Gasteiger charge is 2.05. The molecule has 6 heteroatoms. The maximum absolute atomic E-state index is 13.0. The lowest BCUT2D eigenvalue weighted by molar-refractivity contribution is 0.480. The topological polar surface area (TPSA) is 70.2 Å². The number of aryl methyl sites for hydroxylation is 1. The van der Waals surface area contributed by atoms with Crippen molar-refractivity contribution in [3.05, 3.63) is 35.8 Å². The fraction of sp³-hybridized carbons (Fsp3) is 0.333. The van der Waals surface area contributed by atoms with Crippen LogP contribution in [0.5, 0.6) is 0 Å². The third-order valence-electron chi connectivity index (χ3n) is 2.74. The van der Waals surface area contributed by atoms with E-state index in [4.69, 9.17) is 4.55 Å². The molecule has 98 valence electrons. The molecule has 0 radical (unpaired) electrons. The lowest BCUT2D eigenvalue weighted by Gasteiger charge is -1.97.